The summed E-state index contributed by atoms with van der Waals surface area (Å²) in [6.07, 6.45) is 1.93. The Morgan fingerprint density at radius 3 is 2.38 bits per heavy atom. The average Bonchev–Trinajstić information content (AvgIpc) is 3.37. The SMILES string of the molecule is CC(C(=O)O)n1cnc2c(NC(=O)OCC3c4ccccc4-c4ccccc43)ncnc21. The predicted octanol–water partition coefficient (Wildman–Crippen LogP) is 3.83. The molecule has 0 fully saturated rings. The van der Waals surface area contributed by atoms with Gasteiger partial charge in [0.1, 0.15) is 19.0 Å². The minimum atomic E-state index is -1.02. The fraction of sp³-hybridized carbons (Fsp3) is 0.174. The third kappa shape index (κ3) is 3.24. The molecule has 0 spiro atoms. The number of ether oxygens (including phenoxy) is 1. The van der Waals surface area contributed by atoms with Gasteiger partial charge in [-0.2, -0.15) is 0 Å². The van der Waals surface area contributed by atoms with Gasteiger partial charge in [0.05, 0.1) is 6.33 Å². The van der Waals surface area contributed by atoms with Crippen molar-refractivity contribution in [3.63, 3.8) is 0 Å². The van der Waals surface area contributed by atoms with Crippen LogP contribution in [0.3, 0.4) is 0 Å². The monoisotopic (exact) mass is 429 g/mol. The molecule has 0 aliphatic heterocycles. The summed E-state index contributed by atoms with van der Waals surface area (Å²) < 4.78 is 6.95. The van der Waals surface area contributed by atoms with E-state index in [1.165, 1.54) is 24.1 Å². The van der Waals surface area contributed by atoms with Gasteiger partial charge in [-0.15, -0.1) is 0 Å². The molecule has 2 aromatic carbocycles. The second kappa shape index (κ2) is 7.77. The van der Waals surface area contributed by atoms with Crippen LogP contribution >= 0.6 is 0 Å². The van der Waals surface area contributed by atoms with Gasteiger partial charge in [0.2, 0.25) is 0 Å². The summed E-state index contributed by atoms with van der Waals surface area (Å²) >= 11 is 0. The number of hydrogen-bond acceptors (Lipinski definition) is 6. The number of carboxylic acid groups (broad SMARTS) is 1. The molecule has 4 aromatic rings. The summed E-state index contributed by atoms with van der Waals surface area (Å²) in [5.74, 6) is -0.924. The van der Waals surface area contributed by atoms with E-state index in [-0.39, 0.29) is 23.9 Å². The largest absolute Gasteiger partial charge is 0.480 e. The Balaban J connectivity index is 1.34. The average molecular weight is 429 g/mol. The Hall–Kier alpha value is -4.27. The van der Waals surface area contributed by atoms with Crippen LogP contribution in [-0.4, -0.2) is 43.3 Å². The highest BCUT2D eigenvalue weighted by molar-refractivity contribution is 5.93. The zero-order chi connectivity index (χ0) is 22.2. The van der Waals surface area contributed by atoms with E-state index in [0.717, 1.165) is 22.3 Å². The number of hydrogen-bond donors (Lipinski definition) is 2. The van der Waals surface area contributed by atoms with E-state index in [4.69, 9.17) is 4.74 Å². The molecular formula is C23H19N5O4. The Labute approximate surface area is 182 Å². The number of aliphatic carboxylic acids is 1. The molecule has 9 heteroatoms. The molecule has 1 aliphatic carbocycles. The van der Waals surface area contributed by atoms with Gasteiger partial charge in [0, 0.05) is 5.92 Å². The van der Waals surface area contributed by atoms with Crippen LogP contribution in [0.5, 0.6) is 0 Å². The number of benzene rings is 2. The zero-order valence-electron chi connectivity index (χ0n) is 17.1. The molecule has 0 saturated carbocycles. The number of nitrogens with zero attached hydrogens (tertiary/aromatic N) is 4. The molecule has 2 N–H and O–H groups in total. The highest BCUT2D eigenvalue weighted by Gasteiger charge is 2.29. The van der Waals surface area contributed by atoms with E-state index in [1.54, 1.807) is 0 Å². The summed E-state index contributed by atoms with van der Waals surface area (Å²) in [6.45, 7) is 1.68. The Bertz CT molecular complexity index is 1300. The zero-order valence-corrected chi connectivity index (χ0v) is 17.1. The molecule has 1 amide bonds. The lowest BCUT2D eigenvalue weighted by Crippen LogP contribution is -2.19. The van der Waals surface area contributed by atoms with Crippen LogP contribution in [0.25, 0.3) is 22.3 Å². The first kappa shape index (κ1) is 19.7. The van der Waals surface area contributed by atoms with E-state index < -0.39 is 18.1 Å². The normalized spacial score (nSPS) is 13.4. The Morgan fingerprint density at radius 1 is 1.06 bits per heavy atom. The van der Waals surface area contributed by atoms with Crippen molar-refractivity contribution in [2.24, 2.45) is 0 Å². The van der Waals surface area contributed by atoms with Crippen LogP contribution in [0.4, 0.5) is 10.6 Å². The fourth-order valence-corrected chi connectivity index (χ4v) is 4.08. The molecule has 0 saturated heterocycles. The van der Waals surface area contributed by atoms with Crippen molar-refractivity contribution in [2.75, 3.05) is 11.9 Å². The van der Waals surface area contributed by atoms with Crippen LogP contribution in [0.1, 0.15) is 30.0 Å². The Kier molecular flexibility index (Phi) is 4.78. The molecular weight excluding hydrogens is 410 g/mol. The highest BCUT2D eigenvalue weighted by atomic mass is 16.5. The minimum Gasteiger partial charge on any atom is -0.480 e. The molecule has 2 aromatic heterocycles. The van der Waals surface area contributed by atoms with Crippen molar-refractivity contribution < 1.29 is 19.4 Å². The third-order valence-electron chi connectivity index (χ3n) is 5.70. The molecule has 1 unspecified atom stereocenters. The van der Waals surface area contributed by atoms with Gasteiger partial charge in [0.25, 0.3) is 0 Å². The van der Waals surface area contributed by atoms with Crippen molar-refractivity contribution in [2.45, 2.75) is 18.9 Å². The van der Waals surface area contributed by atoms with Crippen LogP contribution in [0, 0.1) is 0 Å². The quantitative estimate of drug-likeness (QED) is 0.495. The number of fused-ring (bicyclic) bond motifs is 4. The molecule has 5 rings (SSSR count). The lowest BCUT2D eigenvalue weighted by Gasteiger charge is -2.14. The smallest absolute Gasteiger partial charge is 0.412 e. The molecule has 1 aliphatic rings. The van der Waals surface area contributed by atoms with E-state index in [9.17, 15) is 14.7 Å². The van der Waals surface area contributed by atoms with E-state index in [0.29, 0.717) is 5.65 Å². The standard InChI is InChI=1S/C23H19N5O4/c1-13(22(29)30)28-12-26-19-20(24-11-25-21(19)28)27-23(31)32-10-18-16-8-4-2-6-14(16)15-7-3-5-9-17(15)18/h2-9,11-13,18H,10H2,1H3,(H,29,30)(H,24,25,27,31). The third-order valence-corrected chi connectivity index (χ3v) is 5.70. The number of carbonyl (C=O) groups excluding carboxylic acids is 1. The summed E-state index contributed by atoms with van der Waals surface area (Å²) in [7, 11) is 0. The van der Waals surface area contributed by atoms with E-state index in [2.05, 4.69) is 32.4 Å². The minimum absolute atomic E-state index is 0.0609. The molecule has 0 radical (unpaired) electrons. The van der Waals surface area contributed by atoms with Gasteiger partial charge < -0.3 is 14.4 Å². The van der Waals surface area contributed by atoms with E-state index >= 15 is 0 Å². The maximum absolute atomic E-state index is 12.6. The number of imidazole rings is 1. The van der Waals surface area contributed by atoms with Gasteiger partial charge in [-0.1, -0.05) is 48.5 Å². The Morgan fingerprint density at radius 2 is 1.72 bits per heavy atom. The number of rotatable bonds is 5. The van der Waals surface area contributed by atoms with Crippen LogP contribution in [0.15, 0.2) is 61.2 Å². The fourth-order valence-electron chi connectivity index (χ4n) is 4.08. The van der Waals surface area contributed by atoms with E-state index in [1.807, 2.05) is 36.4 Å². The number of carbonyl (C=O) groups is 2. The summed E-state index contributed by atoms with van der Waals surface area (Å²) in [4.78, 5) is 36.2. The van der Waals surface area contributed by atoms with Crippen molar-refractivity contribution >= 4 is 29.0 Å². The number of carboxylic acids is 1. The molecule has 160 valence electrons. The molecule has 0 bridgehead atoms. The lowest BCUT2D eigenvalue weighted by molar-refractivity contribution is -0.140. The highest BCUT2D eigenvalue weighted by Crippen LogP contribution is 2.44. The van der Waals surface area contributed by atoms with Crippen LogP contribution < -0.4 is 5.32 Å². The predicted molar refractivity (Wildman–Crippen MR) is 116 cm³/mol. The summed E-state index contributed by atoms with van der Waals surface area (Å²) in [5, 5.41) is 11.9. The van der Waals surface area contributed by atoms with Gasteiger partial charge >= 0.3 is 12.1 Å². The number of amides is 1. The van der Waals surface area contributed by atoms with Gasteiger partial charge in [-0.05, 0) is 29.2 Å². The van der Waals surface area contributed by atoms with Crippen molar-refractivity contribution in [1.82, 2.24) is 19.5 Å². The second-order valence-corrected chi connectivity index (χ2v) is 7.51. The molecule has 1 atom stereocenters. The first-order valence-electron chi connectivity index (χ1n) is 10.1. The van der Waals surface area contributed by atoms with Gasteiger partial charge in [-0.3, -0.25) is 5.32 Å². The van der Waals surface area contributed by atoms with Crippen molar-refractivity contribution in [3.8, 4) is 11.1 Å². The lowest BCUT2D eigenvalue weighted by atomic mass is 9.98. The number of nitrogens with one attached hydrogen (secondary N) is 1. The van der Waals surface area contributed by atoms with Crippen LogP contribution in [0.2, 0.25) is 0 Å². The van der Waals surface area contributed by atoms with Gasteiger partial charge in [-0.25, -0.2) is 24.5 Å². The van der Waals surface area contributed by atoms with Crippen LogP contribution in [-0.2, 0) is 9.53 Å². The first-order valence-corrected chi connectivity index (χ1v) is 10.1. The van der Waals surface area contributed by atoms with Crippen molar-refractivity contribution in [3.05, 3.63) is 72.3 Å². The van der Waals surface area contributed by atoms with Gasteiger partial charge in [0.15, 0.2) is 17.0 Å². The maximum Gasteiger partial charge on any atom is 0.412 e. The second-order valence-electron chi connectivity index (χ2n) is 7.51. The topological polar surface area (TPSA) is 119 Å². The maximum atomic E-state index is 12.6. The molecule has 32 heavy (non-hydrogen) atoms. The summed E-state index contributed by atoms with van der Waals surface area (Å²) in [5.41, 5.74) is 5.12. The summed E-state index contributed by atoms with van der Waals surface area (Å²) in [6, 6.07) is 15.3. The first-order chi connectivity index (χ1) is 15.5. The molecule has 2 heterocycles. The number of anilines is 1. The van der Waals surface area contributed by atoms with Crippen molar-refractivity contribution in [1.29, 1.82) is 0 Å². The molecule has 9 nitrogen and oxygen atoms in total. The number of aromatic nitrogens is 4.